The van der Waals surface area contributed by atoms with Crippen molar-refractivity contribution < 1.29 is 9.59 Å². The summed E-state index contributed by atoms with van der Waals surface area (Å²) < 4.78 is 0. The summed E-state index contributed by atoms with van der Waals surface area (Å²) in [5, 5.41) is 0. The monoisotopic (exact) mass is 468 g/mol. The number of benzene rings is 3. The van der Waals surface area contributed by atoms with Crippen LogP contribution in [0.3, 0.4) is 0 Å². The summed E-state index contributed by atoms with van der Waals surface area (Å²) in [5.74, 6) is 0.839. The SMILES string of the molecule is CC(c1ccccc1)N(CCC(=O)N1CCC(Cc2ccccc2)CC1)C(=O)Cc1ccccc1. The molecule has 1 unspecified atom stereocenters. The Morgan fingerprint density at radius 1 is 0.829 bits per heavy atom. The van der Waals surface area contributed by atoms with Gasteiger partial charge in [-0.25, -0.2) is 0 Å². The van der Waals surface area contributed by atoms with Crippen LogP contribution in [0.2, 0.25) is 0 Å². The Hall–Kier alpha value is -3.40. The molecule has 0 aliphatic carbocycles. The van der Waals surface area contributed by atoms with Crippen LogP contribution < -0.4 is 0 Å². The Kier molecular flexibility index (Phi) is 8.72. The topological polar surface area (TPSA) is 40.6 Å². The Balaban J connectivity index is 1.34. The summed E-state index contributed by atoms with van der Waals surface area (Å²) in [6.07, 6.45) is 3.87. The van der Waals surface area contributed by atoms with E-state index in [-0.39, 0.29) is 17.9 Å². The van der Waals surface area contributed by atoms with E-state index in [0.29, 0.717) is 25.3 Å². The van der Waals surface area contributed by atoms with Crippen LogP contribution in [0, 0.1) is 5.92 Å². The fourth-order valence-corrected chi connectivity index (χ4v) is 5.03. The smallest absolute Gasteiger partial charge is 0.227 e. The number of carbonyl (C=O) groups excluding carboxylic acids is 2. The van der Waals surface area contributed by atoms with Crippen LogP contribution in [0.5, 0.6) is 0 Å². The molecule has 1 aliphatic heterocycles. The summed E-state index contributed by atoms with van der Waals surface area (Å²) in [4.78, 5) is 30.3. The van der Waals surface area contributed by atoms with Gasteiger partial charge < -0.3 is 9.80 Å². The number of hydrogen-bond donors (Lipinski definition) is 0. The third-order valence-corrected chi connectivity index (χ3v) is 7.17. The zero-order chi connectivity index (χ0) is 24.5. The van der Waals surface area contributed by atoms with Crippen LogP contribution in [0.15, 0.2) is 91.0 Å². The second-order valence-electron chi connectivity index (χ2n) is 9.60. The third-order valence-electron chi connectivity index (χ3n) is 7.17. The summed E-state index contributed by atoms with van der Waals surface area (Å²) >= 11 is 0. The molecule has 3 aromatic rings. The van der Waals surface area contributed by atoms with Crippen molar-refractivity contribution in [2.45, 2.75) is 45.1 Å². The van der Waals surface area contributed by atoms with Gasteiger partial charge in [-0.15, -0.1) is 0 Å². The number of carbonyl (C=O) groups is 2. The van der Waals surface area contributed by atoms with Crippen LogP contribution in [-0.2, 0) is 22.4 Å². The van der Waals surface area contributed by atoms with Gasteiger partial charge in [0.25, 0.3) is 0 Å². The molecular weight excluding hydrogens is 432 g/mol. The van der Waals surface area contributed by atoms with E-state index in [1.165, 1.54) is 5.56 Å². The summed E-state index contributed by atoms with van der Waals surface area (Å²) in [6, 6.07) is 30.4. The lowest BCUT2D eigenvalue weighted by Crippen LogP contribution is -2.42. The molecular formula is C31H36N2O2. The summed E-state index contributed by atoms with van der Waals surface area (Å²) in [5.41, 5.74) is 3.46. The molecule has 0 N–H and O–H groups in total. The molecule has 3 aromatic carbocycles. The summed E-state index contributed by atoms with van der Waals surface area (Å²) in [7, 11) is 0. The Bertz CT molecular complexity index is 1060. The molecule has 1 heterocycles. The van der Waals surface area contributed by atoms with E-state index < -0.39 is 0 Å². The molecule has 4 nitrogen and oxygen atoms in total. The Labute approximate surface area is 209 Å². The van der Waals surface area contributed by atoms with Crippen molar-refractivity contribution in [1.82, 2.24) is 9.80 Å². The average molecular weight is 469 g/mol. The molecule has 2 amide bonds. The first kappa shape index (κ1) is 24.7. The molecule has 0 saturated carbocycles. The highest BCUT2D eigenvalue weighted by Crippen LogP contribution is 2.24. The lowest BCUT2D eigenvalue weighted by atomic mass is 9.90. The molecule has 1 fully saturated rings. The largest absolute Gasteiger partial charge is 0.343 e. The standard InChI is InChI=1S/C31H36N2O2/c1-25(29-15-9-4-10-16-29)33(31(35)24-27-13-7-3-8-14-27)22-19-30(34)32-20-17-28(18-21-32)23-26-11-5-2-6-12-26/h2-16,25,28H,17-24H2,1H3. The van der Waals surface area contributed by atoms with Gasteiger partial charge >= 0.3 is 0 Å². The molecule has 1 aliphatic rings. The van der Waals surface area contributed by atoms with Gasteiger partial charge in [-0.1, -0.05) is 91.0 Å². The lowest BCUT2D eigenvalue weighted by Gasteiger charge is -2.34. The van der Waals surface area contributed by atoms with Crippen LogP contribution in [0.1, 0.15) is 48.9 Å². The highest BCUT2D eigenvalue weighted by Gasteiger charge is 2.26. The molecule has 0 bridgehead atoms. The highest BCUT2D eigenvalue weighted by atomic mass is 16.2. The molecule has 1 atom stereocenters. The van der Waals surface area contributed by atoms with Crippen molar-refractivity contribution >= 4 is 11.8 Å². The first-order chi connectivity index (χ1) is 17.1. The minimum absolute atomic E-state index is 0.0573. The number of piperidine rings is 1. The fraction of sp³-hybridized carbons (Fsp3) is 0.355. The number of likely N-dealkylation sites (tertiary alicyclic amines) is 1. The molecule has 4 heteroatoms. The van der Waals surface area contributed by atoms with Gasteiger partial charge in [0.1, 0.15) is 0 Å². The lowest BCUT2D eigenvalue weighted by molar-refractivity contribution is -0.136. The third kappa shape index (κ3) is 7.05. The molecule has 35 heavy (non-hydrogen) atoms. The maximum Gasteiger partial charge on any atom is 0.227 e. The van der Waals surface area contributed by atoms with E-state index in [9.17, 15) is 9.59 Å². The average Bonchev–Trinajstić information content (AvgIpc) is 2.90. The molecule has 0 aromatic heterocycles. The van der Waals surface area contributed by atoms with Gasteiger partial charge in [-0.05, 0) is 48.8 Å². The van der Waals surface area contributed by atoms with Crippen molar-refractivity contribution in [2.24, 2.45) is 5.92 Å². The summed E-state index contributed by atoms with van der Waals surface area (Å²) in [6.45, 7) is 4.10. The van der Waals surface area contributed by atoms with E-state index in [0.717, 1.165) is 43.5 Å². The number of hydrogen-bond acceptors (Lipinski definition) is 2. The molecule has 4 rings (SSSR count). The molecule has 1 saturated heterocycles. The van der Waals surface area contributed by atoms with E-state index >= 15 is 0 Å². The first-order valence-electron chi connectivity index (χ1n) is 12.8. The zero-order valence-electron chi connectivity index (χ0n) is 20.7. The Morgan fingerprint density at radius 2 is 1.37 bits per heavy atom. The second-order valence-corrected chi connectivity index (χ2v) is 9.60. The van der Waals surface area contributed by atoms with Crippen LogP contribution >= 0.6 is 0 Å². The van der Waals surface area contributed by atoms with E-state index in [1.807, 2.05) is 70.5 Å². The Morgan fingerprint density at radius 3 is 1.97 bits per heavy atom. The fourth-order valence-electron chi connectivity index (χ4n) is 5.03. The van der Waals surface area contributed by atoms with Gasteiger partial charge in [0.2, 0.25) is 11.8 Å². The predicted octanol–water partition coefficient (Wildman–Crippen LogP) is 5.69. The minimum atomic E-state index is -0.0863. The van der Waals surface area contributed by atoms with Gasteiger partial charge in [0.15, 0.2) is 0 Å². The zero-order valence-corrected chi connectivity index (χ0v) is 20.7. The number of amides is 2. The van der Waals surface area contributed by atoms with Gasteiger partial charge in [-0.2, -0.15) is 0 Å². The van der Waals surface area contributed by atoms with E-state index in [4.69, 9.17) is 0 Å². The number of rotatable bonds is 9. The van der Waals surface area contributed by atoms with Crippen molar-refractivity contribution in [1.29, 1.82) is 0 Å². The predicted molar refractivity (Wildman–Crippen MR) is 141 cm³/mol. The quantitative estimate of drug-likeness (QED) is 0.405. The van der Waals surface area contributed by atoms with E-state index in [2.05, 4.69) is 37.3 Å². The second kappa shape index (κ2) is 12.3. The van der Waals surface area contributed by atoms with Crippen molar-refractivity contribution in [3.05, 3.63) is 108 Å². The molecule has 182 valence electrons. The van der Waals surface area contributed by atoms with Gasteiger partial charge in [0, 0.05) is 26.1 Å². The highest BCUT2D eigenvalue weighted by molar-refractivity contribution is 5.81. The van der Waals surface area contributed by atoms with Gasteiger partial charge in [0.05, 0.1) is 12.5 Å². The first-order valence-corrected chi connectivity index (χ1v) is 12.8. The van der Waals surface area contributed by atoms with Gasteiger partial charge in [-0.3, -0.25) is 9.59 Å². The van der Waals surface area contributed by atoms with Crippen molar-refractivity contribution in [3.63, 3.8) is 0 Å². The van der Waals surface area contributed by atoms with Crippen LogP contribution in [0.4, 0.5) is 0 Å². The van der Waals surface area contributed by atoms with E-state index in [1.54, 1.807) is 0 Å². The van der Waals surface area contributed by atoms with Crippen LogP contribution in [0.25, 0.3) is 0 Å². The molecule has 0 radical (unpaired) electrons. The minimum Gasteiger partial charge on any atom is -0.343 e. The maximum atomic E-state index is 13.3. The van der Waals surface area contributed by atoms with Crippen LogP contribution in [-0.4, -0.2) is 41.2 Å². The molecule has 0 spiro atoms. The maximum absolute atomic E-state index is 13.3. The van der Waals surface area contributed by atoms with Crippen molar-refractivity contribution in [3.8, 4) is 0 Å². The van der Waals surface area contributed by atoms with Crippen molar-refractivity contribution in [2.75, 3.05) is 19.6 Å². The normalized spacial score (nSPS) is 14.9. The number of nitrogens with zero attached hydrogens (tertiary/aromatic N) is 2.